The van der Waals surface area contributed by atoms with Crippen LogP contribution in [0.4, 0.5) is 0 Å². The summed E-state index contributed by atoms with van der Waals surface area (Å²) >= 11 is 0. The Hall–Kier alpha value is -1.66. The van der Waals surface area contributed by atoms with Crippen molar-refractivity contribution in [3.8, 4) is 0 Å². The van der Waals surface area contributed by atoms with Crippen molar-refractivity contribution < 1.29 is 10.1 Å². The number of hydrogen-bond donors (Lipinski definition) is 1. The Balaban J connectivity index is 4.85. The van der Waals surface area contributed by atoms with Gasteiger partial charge in [-0.25, -0.2) is 0 Å². The molecule has 0 saturated carbocycles. The van der Waals surface area contributed by atoms with E-state index in [0.717, 1.165) is 0 Å². The largest absolute Gasteiger partial charge is 0.451 e. The molecule has 0 aromatic rings. The van der Waals surface area contributed by atoms with Crippen molar-refractivity contribution in [2.75, 3.05) is 21.1 Å². The van der Waals surface area contributed by atoms with Crippen LogP contribution in [-0.2, 0) is 0 Å². The molecule has 68 valence electrons. The summed E-state index contributed by atoms with van der Waals surface area (Å²) in [7, 11) is 4.51. The van der Waals surface area contributed by atoms with Crippen molar-refractivity contribution >= 4 is 11.7 Å². The quantitative estimate of drug-likeness (QED) is 0.178. The summed E-state index contributed by atoms with van der Waals surface area (Å²) in [5, 5.41) is 21.1. The number of likely N-dealkylation sites (N-methyl/N-ethyl adjacent to an activating group) is 1. The molecule has 7 nitrogen and oxygen atoms in total. The lowest BCUT2D eigenvalue weighted by Crippen LogP contribution is -2.35. The van der Waals surface area contributed by atoms with Gasteiger partial charge >= 0.3 is 5.84 Å². The molecule has 0 radical (unpaired) electrons. The first-order valence-corrected chi connectivity index (χ1v) is 3.05. The molecule has 0 bridgehead atoms. The number of hydrogen-bond acceptors (Lipinski definition) is 5. The highest BCUT2D eigenvalue weighted by molar-refractivity contribution is 6.36. The van der Waals surface area contributed by atoms with Gasteiger partial charge in [-0.3, -0.25) is 4.99 Å². The fourth-order valence-electron chi connectivity index (χ4n) is 0.663. The van der Waals surface area contributed by atoms with E-state index in [2.05, 4.69) is 10.1 Å². The zero-order chi connectivity index (χ0) is 9.72. The second kappa shape index (κ2) is 4.27. The summed E-state index contributed by atoms with van der Waals surface area (Å²) < 4.78 is 0. The van der Waals surface area contributed by atoms with Gasteiger partial charge in [0.05, 0.1) is 0 Å². The van der Waals surface area contributed by atoms with E-state index in [-0.39, 0.29) is 5.84 Å². The maximum absolute atomic E-state index is 10.2. The number of rotatable bonds is 0. The molecule has 0 aromatic heterocycles. The van der Waals surface area contributed by atoms with E-state index in [9.17, 15) is 10.1 Å². The monoisotopic (exact) mass is 174 g/mol. The molecule has 0 atom stereocenters. The zero-order valence-electron chi connectivity index (χ0n) is 7.05. The van der Waals surface area contributed by atoms with Crippen LogP contribution in [-0.4, -0.2) is 47.8 Å². The Morgan fingerprint density at radius 1 is 1.58 bits per heavy atom. The summed E-state index contributed by atoms with van der Waals surface area (Å²) in [5.74, 6) is -0.648. The third-order valence-electron chi connectivity index (χ3n) is 1.10. The van der Waals surface area contributed by atoms with Gasteiger partial charge in [-0.2, -0.15) is 0 Å². The second-order valence-corrected chi connectivity index (χ2v) is 2.12. The van der Waals surface area contributed by atoms with Crippen molar-refractivity contribution in [2.24, 2.45) is 10.1 Å². The Kier molecular flexibility index (Phi) is 3.68. The van der Waals surface area contributed by atoms with Crippen molar-refractivity contribution in [2.45, 2.75) is 0 Å². The van der Waals surface area contributed by atoms with Gasteiger partial charge in [0, 0.05) is 21.1 Å². The minimum Gasteiger partial charge on any atom is -0.358 e. The van der Waals surface area contributed by atoms with Crippen molar-refractivity contribution in [1.82, 2.24) is 4.90 Å². The third kappa shape index (κ3) is 2.19. The van der Waals surface area contributed by atoms with Crippen LogP contribution in [0.5, 0.6) is 0 Å². The highest BCUT2D eigenvalue weighted by Crippen LogP contribution is 1.89. The molecule has 1 N–H and O–H groups in total. The van der Waals surface area contributed by atoms with Crippen LogP contribution >= 0.6 is 0 Å². The molecule has 0 aliphatic heterocycles. The molecule has 0 fully saturated rings. The minimum atomic E-state index is -0.803. The Morgan fingerprint density at radius 3 is 2.17 bits per heavy atom. The van der Waals surface area contributed by atoms with Crippen LogP contribution < -0.4 is 0 Å². The normalized spacial score (nSPS) is 12.9. The highest BCUT2D eigenvalue weighted by Gasteiger charge is 2.23. The van der Waals surface area contributed by atoms with Crippen molar-refractivity contribution in [1.29, 1.82) is 0 Å². The summed E-state index contributed by atoms with van der Waals surface area (Å²) in [4.78, 5) is 14.4. The average Bonchev–Trinajstić information content (AvgIpc) is 1.98. The van der Waals surface area contributed by atoms with Gasteiger partial charge in [-0.15, -0.1) is 0 Å². The maximum Gasteiger partial charge on any atom is 0.451 e. The molecule has 0 aromatic carbocycles. The smallest absolute Gasteiger partial charge is 0.358 e. The number of amidine groups is 2. The van der Waals surface area contributed by atoms with Crippen molar-refractivity contribution in [3.05, 3.63) is 10.1 Å². The Bertz CT molecular complexity index is 233. The fourth-order valence-corrected chi connectivity index (χ4v) is 0.663. The number of oxime groups is 1. The summed E-state index contributed by atoms with van der Waals surface area (Å²) in [5.41, 5.74) is 0. The van der Waals surface area contributed by atoms with Gasteiger partial charge in [-0.05, 0) is 4.92 Å². The molecule has 0 aliphatic rings. The minimum absolute atomic E-state index is 0.0162. The lowest BCUT2D eigenvalue weighted by atomic mass is 10.5. The van der Waals surface area contributed by atoms with E-state index in [1.54, 1.807) is 14.1 Å². The molecule has 12 heavy (non-hydrogen) atoms. The van der Waals surface area contributed by atoms with E-state index in [1.807, 2.05) is 0 Å². The van der Waals surface area contributed by atoms with Gasteiger partial charge in [0.1, 0.15) is 0 Å². The fraction of sp³-hybridized carbons (Fsp3) is 0.600. The molecule has 7 heteroatoms. The molecular weight excluding hydrogens is 164 g/mol. The Labute approximate surface area is 69.2 Å². The predicted molar refractivity (Wildman–Crippen MR) is 43.3 cm³/mol. The van der Waals surface area contributed by atoms with Gasteiger partial charge in [0.15, 0.2) is 5.16 Å². The average molecular weight is 174 g/mol. The highest BCUT2D eigenvalue weighted by atomic mass is 16.6. The van der Waals surface area contributed by atoms with Gasteiger partial charge in [0.25, 0.3) is 0 Å². The number of nitro groups is 1. The lowest BCUT2D eigenvalue weighted by Gasteiger charge is -2.10. The van der Waals surface area contributed by atoms with Gasteiger partial charge in [0.2, 0.25) is 5.84 Å². The van der Waals surface area contributed by atoms with Gasteiger partial charge < -0.3 is 20.2 Å². The molecule has 0 spiro atoms. The van der Waals surface area contributed by atoms with Gasteiger partial charge in [-0.1, -0.05) is 0 Å². The molecule has 0 unspecified atom stereocenters. The molecular formula is C5H10N4O3. The first kappa shape index (κ1) is 10.3. The van der Waals surface area contributed by atoms with E-state index >= 15 is 0 Å². The molecule has 0 aliphatic carbocycles. The van der Waals surface area contributed by atoms with Crippen LogP contribution in [0, 0.1) is 10.1 Å². The first-order valence-electron chi connectivity index (χ1n) is 3.05. The molecule has 0 saturated heterocycles. The first-order chi connectivity index (χ1) is 5.54. The Morgan fingerprint density at radius 2 is 2.08 bits per heavy atom. The second-order valence-electron chi connectivity index (χ2n) is 2.12. The predicted octanol–water partition coefficient (Wildman–Crippen LogP) is -0.359. The molecule has 0 heterocycles. The van der Waals surface area contributed by atoms with Crippen LogP contribution in [0.3, 0.4) is 0 Å². The summed E-state index contributed by atoms with van der Waals surface area (Å²) in [6, 6.07) is 0. The molecule has 0 rings (SSSR count). The van der Waals surface area contributed by atoms with E-state index < -0.39 is 10.8 Å². The van der Waals surface area contributed by atoms with Crippen LogP contribution in [0.2, 0.25) is 0 Å². The molecule has 0 amide bonds. The third-order valence-corrected chi connectivity index (χ3v) is 1.10. The summed E-state index contributed by atoms with van der Waals surface area (Å²) in [6.07, 6.45) is 0. The standard InChI is InChI=1S/C5H10N4O3/c1-6-4(8(2)3)5(7-10)9(11)12/h10H,1-3H3/b6-4?,7-5-. The number of nitrogens with zero attached hydrogens (tertiary/aromatic N) is 4. The topological polar surface area (TPSA) is 91.3 Å². The van der Waals surface area contributed by atoms with E-state index in [4.69, 9.17) is 5.21 Å². The lowest BCUT2D eigenvalue weighted by molar-refractivity contribution is -0.348. The maximum atomic E-state index is 10.2. The van der Waals surface area contributed by atoms with Crippen LogP contribution in [0.25, 0.3) is 0 Å². The van der Waals surface area contributed by atoms with Crippen LogP contribution in [0.15, 0.2) is 10.1 Å². The van der Waals surface area contributed by atoms with Crippen molar-refractivity contribution in [3.63, 3.8) is 0 Å². The van der Waals surface area contributed by atoms with E-state index in [1.165, 1.54) is 11.9 Å². The zero-order valence-corrected chi connectivity index (χ0v) is 7.05. The summed E-state index contributed by atoms with van der Waals surface area (Å²) in [6.45, 7) is 0. The SMILES string of the molecule is CN=C(/C(=N/O)[N+](=O)[O-])N(C)C. The number of aliphatic imine (C=N–C) groups is 1. The van der Waals surface area contributed by atoms with E-state index in [0.29, 0.717) is 0 Å². The van der Waals surface area contributed by atoms with Crippen LogP contribution in [0.1, 0.15) is 0 Å².